The number of aromatic nitrogens is 2. The quantitative estimate of drug-likeness (QED) is 0.756. The van der Waals surface area contributed by atoms with E-state index in [0.717, 1.165) is 5.69 Å². The predicted octanol–water partition coefficient (Wildman–Crippen LogP) is 0.815. The van der Waals surface area contributed by atoms with E-state index in [9.17, 15) is 4.79 Å². The number of carboxylic acid groups (broad SMARTS) is 1. The summed E-state index contributed by atoms with van der Waals surface area (Å²) in [6.07, 6.45) is 1.80. The first-order valence-electron chi connectivity index (χ1n) is 5.04. The van der Waals surface area contributed by atoms with Crippen molar-refractivity contribution in [2.75, 3.05) is 6.54 Å². The smallest absolute Gasteiger partial charge is 0.322 e. The van der Waals surface area contributed by atoms with Gasteiger partial charge in [0, 0.05) is 6.20 Å². The summed E-state index contributed by atoms with van der Waals surface area (Å²) in [5.74, 6) is -0.850. The highest BCUT2D eigenvalue weighted by Gasteiger charge is 2.25. The second kappa shape index (κ2) is 4.93. The van der Waals surface area contributed by atoms with Gasteiger partial charge in [-0.2, -0.15) is 5.10 Å². The lowest BCUT2D eigenvalue weighted by molar-refractivity contribution is -0.140. The molecular formula is C10H17N3O2. The van der Waals surface area contributed by atoms with E-state index in [-0.39, 0.29) is 6.04 Å². The van der Waals surface area contributed by atoms with Crippen molar-refractivity contribution in [3.05, 3.63) is 18.0 Å². The van der Waals surface area contributed by atoms with Crippen LogP contribution in [0.2, 0.25) is 0 Å². The fourth-order valence-electron chi connectivity index (χ4n) is 1.50. The number of carbonyl (C=O) groups is 1. The lowest BCUT2D eigenvalue weighted by Crippen LogP contribution is -2.42. The summed E-state index contributed by atoms with van der Waals surface area (Å²) in [6.45, 7) is 6.23. The Kier molecular flexibility index (Phi) is 3.85. The van der Waals surface area contributed by atoms with Crippen LogP contribution in [-0.4, -0.2) is 33.4 Å². The van der Waals surface area contributed by atoms with Gasteiger partial charge >= 0.3 is 5.97 Å². The van der Waals surface area contributed by atoms with Crippen LogP contribution in [0.5, 0.6) is 0 Å². The molecule has 0 aliphatic carbocycles. The number of aryl methyl sites for hydroxylation is 1. The molecule has 0 saturated carbocycles. The van der Waals surface area contributed by atoms with E-state index in [0.29, 0.717) is 6.54 Å². The number of hydrogen-bond donors (Lipinski definition) is 2. The number of nitrogens with one attached hydrogen (secondary N) is 1. The molecule has 1 rings (SSSR count). The Balaban J connectivity index is 2.80. The molecule has 0 fully saturated rings. The zero-order chi connectivity index (χ0) is 11.4. The lowest BCUT2D eigenvalue weighted by atomic mass is 10.1. The average molecular weight is 211 g/mol. The van der Waals surface area contributed by atoms with Crippen LogP contribution >= 0.6 is 0 Å². The van der Waals surface area contributed by atoms with Crippen LogP contribution in [0.3, 0.4) is 0 Å². The van der Waals surface area contributed by atoms with Crippen molar-refractivity contribution in [2.24, 2.45) is 0 Å². The Morgan fingerprint density at radius 2 is 2.40 bits per heavy atom. The first-order valence-corrected chi connectivity index (χ1v) is 5.04. The predicted molar refractivity (Wildman–Crippen MR) is 56.8 cm³/mol. The molecule has 0 saturated heterocycles. The van der Waals surface area contributed by atoms with Gasteiger partial charge in [-0.25, -0.2) is 0 Å². The molecule has 0 spiro atoms. The summed E-state index contributed by atoms with van der Waals surface area (Å²) in [6, 6.07) is 1.06. The molecule has 5 heteroatoms. The first-order chi connectivity index (χ1) is 7.06. The Morgan fingerprint density at radius 1 is 1.73 bits per heavy atom. The highest BCUT2D eigenvalue weighted by molar-refractivity contribution is 5.74. The van der Waals surface area contributed by atoms with Gasteiger partial charge in [-0.05, 0) is 26.5 Å². The molecular weight excluding hydrogens is 194 g/mol. The monoisotopic (exact) mass is 211 g/mol. The van der Waals surface area contributed by atoms with Gasteiger partial charge in [-0.3, -0.25) is 9.48 Å². The summed E-state index contributed by atoms with van der Waals surface area (Å²) in [5.41, 5.74) is 0.891. The van der Waals surface area contributed by atoms with Gasteiger partial charge in [0.25, 0.3) is 0 Å². The van der Waals surface area contributed by atoms with E-state index in [4.69, 9.17) is 5.11 Å². The summed E-state index contributed by atoms with van der Waals surface area (Å²) < 4.78 is 1.68. The molecule has 0 aliphatic heterocycles. The van der Waals surface area contributed by atoms with Crippen molar-refractivity contribution in [3.8, 4) is 0 Å². The molecule has 0 radical (unpaired) electrons. The summed E-state index contributed by atoms with van der Waals surface area (Å²) in [5, 5.41) is 16.2. The summed E-state index contributed by atoms with van der Waals surface area (Å²) in [4.78, 5) is 11.0. The van der Waals surface area contributed by atoms with Gasteiger partial charge < -0.3 is 10.4 Å². The molecule has 84 valence electrons. The Morgan fingerprint density at radius 3 is 2.80 bits per heavy atom. The molecule has 0 amide bonds. The highest BCUT2D eigenvalue weighted by atomic mass is 16.4. The van der Waals surface area contributed by atoms with Crippen LogP contribution in [0.25, 0.3) is 0 Å². The molecule has 0 aromatic carbocycles. The maximum Gasteiger partial charge on any atom is 0.322 e. The molecule has 2 unspecified atom stereocenters. The van der Waals surface area contributed by atoms with Gasteiger partial charge in [0.05, 0.1) is 11.7 Å². The zero-order valence-corrected chi connectivity index (χ0v) is 9.27. The second-order valence-corrected chi connectivity index (χ2v) is 3.55. The Hall–Kier alpha value is -1.36. The third-order valence-corrected chi connectivity index (χ3v) is 2.33. The Bertz CT molecular complexity index is 335. The summed E-state index contributed by atoms with van der Waals surface area (Å²) >= 11 is 0. The van der Waals surface area contributed by atoms with E-state index >= 15 is 0 Å². The molecule has 0 bridgehead atoms. The van der Waals surface area contributed by atoms with E-state index in [1.165, 1.54) is 0 Å². The molecule has 2 N–H and O–H groups in total. The van der Waals surface area contributed by atoms with Gasteiger partial charge in [0.1, 0.15) is 6.04 Å². The molecule has 1 aromatic rings. The zero-order valence-electron chi connectivity index (χ0n) is 9.27. The molecule has 5 nitrogen and oxygen atoms in total. The van der Waals surface area contributed by atoms with Gasteiger partial charge in [0.15, 0.2) is 0 Å². The van der Waals surface area contributed by atoms with Crippen molar-refractivity contribution in [3.63, 3.8) is 0 Å². The normalized spacial score (nSPS) is 14.9. The number of aliphatic carboxylic acids is 1. The van der Waals surface area contributed by atoms with Crippen molar-refractivity contribution < 1.29 is 9.90 Å². The van der Waals surface area contributed by atoms with Gasteiger partial charge in [0.2, 0.25) is 0 Å². The van der Waals surface area contributed by atoms with Crippen LogP contribution in [0.15, 0.2) is 12.3 Å². The number of hydrogen-bond acceptors (Lipinski definition) is 3. The maximum absolute atomic E-state index is 11.0. The third-order valence-electron chi connectivity index (χ3n) is 2.33. The SMILES string of the molecule is CCNC(C(=O)O)C(C)n1ccc(C)n1. The van der Waals surface area contributed by atoms with Crippen molar-refractivity contribution >= 4 is 5.97 Å². The van der Waals surface area contributed by atoms with Crippen LogP contribution < -0.4 is 5.32 Å². The van der Waals surface area contributed by atoms with Crippen LogP contribution in [0.4, 0.5) is 0 Å². The largest absolute Gasteiger partial charge is 0.480 e. The molecule has 1 heterocycles. The van der Waals surface area contributed by atoms with E-state index in [2.05, 4.69) is 10.4 Å². The molecule has 0 aliphatic rings. The fraction of sp³-hybridized carbons (Fsp3) is 0.600. The molecule has 2 atom stereocenters. The van der Waals surface area contributed by atoms with Crippen LogP contribution in [0.1, 0.15) is 25.6 Å². The van der Waals surface area contributed by atoms with Gasteiger partial charge in [-0.15, -0.1) is 0 Å². The average Bonchev–Trinajstić information content (AvgIpc) is 2.59. The minimum Gasteiger partial charge on any atom is -0.480 e. The third kappa shape index (κ3) is 2.79. The van der Waals surface area contributed by atoms with E-state index < -0.39 is 12.0 Å². The molecule has 1 aromatic heterocycles. The first kappa shape index (κ1) is 11.7. The number of carboxylic acids is 1. The topological polar surface area (TPSA) is 67.2 Å². The standard InChI is InChI=1S/C10H17N3O2/c1-4-11-9(10(14)15)8(3)13-6-5-7(2)12-13/h5-6,8-9,11H,4H2,1-3H3,(H,14,15). The van der Waals surface area contributed by atoms with E-state index in [1.807, 2.05) is 26.8 Å². The maximum atomic E-state index is 11.0. The van der Waals surface area contributed by atoms with Gasteiger partial charge in [-0.1, -0.05) is 6.92 Å². The van der Waals surface area contributed by atoms with E-state index in [1.54, 1.807) is 10.9 Å². The number of rotatable bonds is 5. The minimum atomic E-state index is -0.850. The van der Waals surface area contributed by atoms with Crippen LogP contribution in [0, 0.1) is 6.92 Å². The highest BCUT2D eigenvalue weighted by Crippen LogP contribution is 2.10. The fourth-order valence-corrected chi connectivity index (χ4v) is 1.50. The number of likely N-dealkylation sites (N-methyl/N-ethyl adjacent to an activating group) is 1. The van der Waals surface area contributed by atoms with Crippen molar-refractivity contribution in [2.45, 2.75) is 32.9 Å². The number of nitrogens with zero attached hydrogens (tertiary/aromatic N) is 2. The summed E-state index contributed by atoms with van der Waals surface area (Å²) in [7, 11) is 0. The second-order valence-electron chi connectivity index (χ2n) is 3.55. The van der Waals surface area contributed by atoms with Crippen molar-refractivity contribution in [1.29, 1.82) is 0 Å². The van der Waals surface area contributed by atoms with Crippen molar-refractivity contribution in [1.82, 2.24) is 15.1 Å². The lowest BCUT2D eigenvalue weighted by Gasteiger charge is -2.21. The minimum absolute atomic E-state index is 0.198. The molecule has 15 heavy (non-hydrogen) atoms. The Labute approximate surface area is 89.1 Å². The van der Waals surface area contributed by atoms with Crippen LogP contribution in [-0.2, 0) is 4.79 Å².